The zero-order valence-corrected chi connectivity index (χ0v) is 9.58. The van der Waals surface area contributed by atoms with Gasteiger partial charge in [0, 0.05) is 5.30 Å². The van der Waals surface area contributed by atoms with Crippen molar-refractivity contribution in [2.75, 3.05) is 0 Å². The summed E-state index contributed by atoms with van der Waals surface area (Å²) in [7, 11) is -3.47. The first-order valence-corrected chi connectivity index (χ1v) is 5.73. The van der Waals surface area contributed by atoms with Crippen LogP contribution in [0.5, 0.6) is 0 Å². The molecule has 0 aliphatic heterocycles. The maximum atomic E-state index is 11.0. The molecule has 1 rings (SSSR count). The Morgan fingerprint density at radius 3 is 1.72 bits per heavy atom. The lowest BCUT2D eigenvalue weighted by Gasteiger charge is -2.09. The Bertz CT molecular complexity index is 525. The van der Waals surface area contributed by atoms with E-state index >= 15 is 0 Å². The normalized spacial score (nSPS) is 11.8. The molecule has 18 heavy (non-hydrogen) atoms. The molecule has 9 heteroatoms. The van der Waals surface area contributed by atoms with E-state index in [4.69, 9.17) is 20.2 Å². The van der Waals surface area contributed by atoms with Crippen LogP contribution in [0.3, 0.4) is 0 Å². The fourth-order valence-corrected chi connectivity index (χ4v) is 2.08. The van der Waals surface area contributed by atoms with Crippen LogP contribution in [0.25, 0.3) is 0 Å². The smallest absolute Gasteiger partial charge is 0.337 e. The number of rotatable bonds is 4. The average Bonchev–Trinajstić information content (AvgIpc) is 2.26. The van der Waals surface area contributed by atoms with Crippen LogP contribution in [0.4, 0.5) is 0 Å². The van der Waals surface area contributed by atoms with E-state index in [1.165, 1.54) is 0 Å². The van der Waals surface area contributed by atoms with Crippen LogP contribution < -0.4 is 5.30 Å². The van der Waals surface area contributed by atoms with Gasteiger partial charge in [0.25, 0.3) is 0 Å². The second-order valence-corrected chi connectivity index (χ2v) is 4.28. The van der Waals surface area contributed by atoms with Crippen LogP contribution in [0, 0.1) is 0 Å². The highest BCUT2D eigenvalue weighted by Crippen LogP contribution is 2.22. The zero-order valence-electron chi connectivity index (χ0n) is 8.58. The van der Waals surface area contributed by atoms with Crippen molar-refractivity contribution in [3.63, 3.8) is 0 Å². The Balaban J connectivity index is 3.82. The molecule has 96 valence electrons. The van der Waals surface area contributed by atoms with Crippen LogP contribution >= 0.6 is 8.03 Å². The van der Waals surface area contributed by atoms with Crippen molar-refractivity contribution in [2.45, 2.75) is 0 Å². The standard InChI is InChI=1S/C9H7O8P/c10-7(11)3-1-2-4(18(16)17)6(9(14)15)5(3)8(12)13/h1-2,18H,(H,10,11)(H,12,13)(H,14,15)(H,16,17). The van der Waals surface area contributed by atoms with E-state index in [9.17, 15) is 18.9 Å². The Morgan fingerprint density at radius 2 is 1.39 bits per heavy atom. The van der Waals surface area contributed by atoms with Crippen LogP contribution in [0.2, 0.25) is 0 Å². The van der Waals surface area contributed by atoms with Crippen molar-refractivity contribution >= 4 is 31.2 Å². The largest absolute Gasteiger partial charge is 0.478 e. The van der Waals surface area contributed by atoms with E-state index in [-0.39, 0.29) is 0 Å². The van der Waals surface area contributed by atoms with Crippen molar-refractivity contribution < 1.29 is 39.2 Å². The molecular formula is C9H7O8P. The van der Waals surface area contributed by atoms with Gasteiger partial charge in [-0.05, 0) is 12.1 Å². The van der Waals surface area contributed by atoms with Gasteiger partial charge in [0.1, 0.15) is 0 Å². The minimum Gasteiger partial charge on any atom is -0.478 e. The summed E-state index contributed by atoms with van der Waals surface area (Å²) in [6.07, 6.45) is 0. The highest BCUT2D eigenvalue weighted by Gasteiger charge is 2.28. The number of benzene rings is 1. The molecule has 1 atom stereocenters. The van der Waals surface area contributed by atoms with Gasteiger partial charge in [-0.2, -0.15) is 0 Å². The summed E-state index contributed by atoms with van der Waals surface area (Å²) in [6, 6.07) is 1.60. The van der Waals surface area contributed by atoms with Gasteiger partial charge < -0.3 is 20.2 Å². The molecule has 0 fully saturated rings. The Kier molecular flexibility index (Phi) is 3.85. The van der Waals surface area contributed by atoms with Crippen molar-refractivity contribution in [3.05, 3.63) is 28.8 Å². The fraction of sp³-hybridized carbons (Fsp3) is 0. The first kappa shape index (κ1) is 13.9. The van der Waals surface area contributed by atoms with E-state index in [1.54, 1.807) is 0 Å². The first-order valence-electron chi connectivity index (χ1n) is 4.37. The second kappa shape index (κ2) is 4.99. The van der Waals surface area contributed by atoms with E-state index < -0.39 is 47.9 Å². The maximum absolute atomic E-state index is 11.0. The van der Waals surface area contributed by atoms with Gasteiger partial charge in [0.15, 0.2) is 0 Å². The van der Waals surface area contributed by atoms with Crippen LogP contribution in [0.1, 0.15) is 31.1 Å². The van der Waals surface area contributed by atoms with Gasteiger partial charge in [-0.3, -0.25) is 4.57 Å². The molecule has 4 N–H and O–H groups in total. The minimum absolute atomic E-state index is 0.602. The highest BCUT2D eigenvalue weighted by atomic mass is 31.1. The second-order valence-electron chi connectivity index (χ2n) is 3.13. The predicted octanol–water partition coefficient (Wildman–Crippen LogP) is -0.126. The average molecular weight is 274 g/mol. The molecule has 0 aliphatic carbocycles. The monoisotopic (exact) mass is 274 g/mol. The molecule has 0 heterocycles. The Hall–Kier alpha value is -2.18. The zero-order chi connectivity index (χ0) is 14.0. The van der Waals surface area contributed by atoms with Crippen molar-refractivity contribution in [1.29, 1.82) is 0 Å². The molecule has 0 radical (unpaired) electrons. The SMILES string of the molecule is O=C(O)c1ccc([PH](=O)O)c(C(=O)O)c1C(=O)O. The number of carboxylic acids is 3. The van der Waals surface area contributed by atoms with Gasteiger partial charge in [-0.15, -0.1) is 0 Å². The molecule has 0 saturated heterocycles. The number of hydrogen-bond donors (Lipinski definition) is 4. The van der Waals surface area contributed by atoms with Crippen molar-refractivity contribution in [1.82, 2.24) is 0 Å². The van der Waals surface area contributed by atoms with Crippen LogP contribution in [-0.2, 0) is 4.57 Å². The van der Waals surface area contributed by atoms with Crippen LogP contribution in [-0.4, -0.2) is 38.1 Å². The molecule has 1 unspecified atom stereocenters. The molecular weight excluding hydrogens is 267 g/mol. The lowest BCUT2D eigenvalue weighted by molar-refractivity contribution is 0.0634. The number of carbonyl (C=O) groups is 3. The van der Waals surface area contributed by atoms with E-state index in [0.29, 0.717) is 0 Å². The third kappa shape index (κ3) is 2.39. The Morgan fingerprint density at radius 1 is 0.889 bits per heavy atom. The van der Waals surface area contributed by atoms with Gasteiger partial charge >= 0.3 is 17.9 Å². The summed E-state index contributed by atoms with van der Waals surface area (Å²) in [4.78, 5) is 41.6. The summed E-state index contributed by atoms with van der Waals surface area (Å²) < 4.78 is 11.0. The van der Waals surface area contributed by atoms with E-state index in [1.807, 2.05) is 0 Å². The topological polar surface area (TPSA) is 149 Å². The molecule has 0 amide bonds. The maximum Gasteiger partial charge on any atom is 0.337 e. The van der Waals surface area contributed by atoms with Crippen molar-refractivity contribution in [2.24, 2.45) is 0 Å². The molecule has 0 spiro atoms. The Labute approximate surface area is 100.0 Å². The van der Waals surface area contributed by atoms with Crippen LogP contribution in [0.15, 0.2) is 12.1 Å². The summed E-state index contributed by atoms with van der Waals surface area (Å²) in [5.41, 5.74) is -2.75. The molecule has 0 aliphatic rings. The van der Waals surface area contributed by atoms with E-state index in [0.717, 1.165) is 12.1 Å². The molecule has 1 aromatic rings. The molecule has 0 bridgehead atoms. The number of aromatic carboxylic acids is 3. The minimum atomic E-state index is -3.47. The number of carboxylic acid groups (broad SMARTS) is 3. The quantitative estimate of drug-likeness (QED) is 0.554. The summed E-state index contributed by atoms with van der Waals surface area (Å²) in [5, 5.41) is 25.9. The number of hydrogen-bond acceptors (Lipinski definition) is 4. The molecule has 0 saturated carbocycles. The van der Waals surface area contributed by atoms with Gasteiger partial charge in [-0.1, -0.05) is 0 Å². The van der Waals surface area contributed by atoms with Crippen molar-refractivity contribution in [3.8, 4) is 0 Å². The van der Waals surface area contributed by atoms with E-state index in [2.05, 4.69) is 0 Å². The fourth-order valence-electron chi connectivity index (χ4n) is 1.40. The van der Waals surface area contributed by atoms with Gasteiger partial charge in [-0.25, -0.2) is 14.4 Å². The lowest BCUT2D eigenvalue weighted by atomic mass is 10.0. The molecule has 0 aromatic heterocycles. The third-order valence-corrected chi connectivity index (χ3v) is 2.97. The first-order chi connectivity index (χ1) is 8.27. The van der Waals surface area contributed by atoms with Gasteiger partial charge in [0.2, 0.25) is 8.03 Å². The summed E-state index contributed by atoms with van der Waals surface area (Å²) in [5.74, 6) is -5.22. The molecule has 8 nitrogen and oxygen atoms in total. The molecule has 1 aromatic carbocycles. The summed E-state index contributed by atoms with van der Waals surface area (Å²) >= 11 is 0. The lowest BCUT2D eigenvalue weighted by Crippen LogP contribution is -2.22. The predicted molar refractivity (Wildman–Crippen MR) is 58.2 cm³/mol. The summed E-state index contributed by atoms with van der Waals surface area (Å²) in [6.45, 7) is 0. The van der Waals surface area contributed by atoms with Gasteiger partial charge in [0.05, 0.1) is 16.7 Å². The third-order valence-electron chi connectivity index (χ3n) is 2.09. The highest BCUT2D eigenvalue weighted by molar-refractivity contribution is 7.47.